The fraction of sp³-hybridized carbons (Fsp3) is 0.423. The Morgan fingerprint density at radius 1 is 1.00 bits per heavy atom. The topological polar surface area (TPSA) is 105 Å². The summed E-state index contributed by atoms with van der Waals surface area (Å²) >= 11 is 1.28. The van der Waals surface area contributed by atoms with Crippen molar-refractivity contribution in [3.8, 4) is 11.1 Å². The molecule has 0 radical (unpaired) electrons. The number of carboxylic acids is 1. The lowest BCUT2D eigenvalue weighted by Crippen LogP contribution is -2.43. The van der Waals surface area contributed by atoms with Crippen molar-refractivity contribution in [2.45, 2.75) is 37.6 Å². The number of benzene rings is 2. The summed E-state index contributed by atoms with van der Waals surface area (Å²) in [4.78, 5) is 35.6. The maximum absolute atomic E-state index is 12.6. The number of carbonyl (C=O) groups is 3. The number of nitrogens with one attached hydrogen (secondary N) is 2. The third-order valence-electron chi connectivity index (χ3n) is 6.48. The second kappa shape index (κ2) is 11.4. The van der Waals surface area contributed by atoms with Gasteiger partial charge in [-0.1, -0.05) is 55.0 Å². The summed E-state index contributed by atoms with van der Waals surface area (Å²) in [6.45, 7) is 0.711. The van der Waals surface area contributed by atoms with Crippen molar-refractivity contribution in [1.82, 2.24) is 10.6 Å². The van der Waals surface area contributed by atoms with Crippen LogP contribution in [0.2, 0.25) is 0 Å². The Bertz CT molecular complexity index is 998. The summed E-state index contributed by atoms with van der Waals surface area (Å²) < 4.78 is 5.65. The van der Waals surface area contributed by atoms with E-state index in [-0.39, 0.29) is 36.1 Å². The summed E-state index contributed by atoms with van der Waals surface area (Å²) in [6.07, 6.45) is 2.61. The standard InChI is InChI=1S/C26H30N2O5S/c29-24(30)16-34-13-12-27-25(31)17-6-5-7-18(14-17)28-26(32)33-15-23-21-10-3-1-8-19(21)20-9-2-4-11-22(20)23/h1-4,8-11,17-18,23H,5-7,12-16H2,(H,27,31)(H,28,32)(H,29,30)/t17-,18+/m1/s1. The Hall–Kier alpha value is -3.00. The normalized spacial score (nSPS) is 19.1. The molecule has 7 nitrogen and oxygen atoms in total. The van der Waals surface area contributed by atoms with Gasteiger partial charge in [0.25, 0.3) is 0 Å². The molecule has 2 amide bonds. The molecule has 2 aliphatic carbocycles. The number of thioether (sulfide) groups is 1. The summed E-state index contributed by atoms with van der Waals surface area (Å²) in [5.41, 5.74) is 4.73. The van der Waals surface area contributed by atoms with Crippen LogP contribution < -0.4 is 10.6 Å². The quantitative estimate of drug-likeness (QED) is 0.467. The number of carboxylic acid groups (broad SMARTS) is 1. The molecule has 0 unspecified atom stereocenters. The largest absolute Gasteiger partial charge is 0.481 e. The first-order valence-corrected chi connectivity index (χ1v) is 12.9. The molecular formula is C26H30N2O5S. The highest BCUT2D eigenvalue weighted by Gasteiger charge is 2.31. The fourth-order valence-electron chi connectivity index (χ4n) is 4.92. The Morgan fingerprint density at radius 3 is 2.35 bits per heavy atom. The molecule has 34 heavy (non-hydrogen) atoms. The van der Waals surface area contributed by atoms with E-state index < -0.39 is 12.1 Å². The van der Waals surface area contributed by atoms with E-state index in [2.05, 4.69) is 34.9 Å². The molecule has 2 aromatic rings. The average molecular weight is 483 g/mol. The van der Waals surface area contributed by atoms with Gasteiger partial charge in [0.1, 0.15) is 6.61 Å². The van der Waals surface area contributed by atoms with Crippen molar-refractivity contribution >= 4 is 29.7 Å². The molecule has 2 atom stereocenters. The lowest BCUT2D eigenvalue weighted by Gasteiger charge is -2.29. The van der Waals surface area contributed by atoms with Crippen LogP contribution in [0.3, 0.4) is 0 Å². The van der Waals surface area contributed by atoms with Crippen molar-refractivity contribution in [2.75, 3.05) is 24.7 Å². The highest BCUT2D eigenvalue weighted by molar-refractivity contribution is 7.99. The van der Waals surface area contributed by atoms with Gasteiger partial charge in [-0.25, -0.2) is 4.79 Å². The Balaban J connectivity index is 1.24. The van der Waals surface area contributed by atoms with Gasteiger partial charge in [0.2, 0.25) is 5.91 Å². The molecule has 1 fully saturated rings. The van der Waals surface area contributed by atoms with Crippen molar-refractivity contribution in [3.05, 3.63) is 59.7 Å². The zero-order valence-corrected chi connectivity index (χ0v) is 19.8. The summed E-state index contributed by atoms with van der Waals surface area (Å²) in [5, 5.41) is 14.5. The van der Waals surface area contributed by atoms with Crippen LogP contribution in [0.1, 0.15) is 42.7 Å². The van der Waals surface area contributed by atoms with Crippen LogP contribution in [0, 0.1) is 5.92 Å². The monoisotopic (exact) mass is 482 g/mol. The number of ether oxygens (including phenoxy) is 1. The minimum absolute atomic E-state index is 0.0158. The minimum atomic E-state index is -0.856. The van der Waals surface area contributed by atoms with Crippen molar-refractivity contribution in [3.63, 3.8) is 0 Å². The molecule has 0 aromatic heterocycles. The Morgan fingerprint density at radius 2 is 1.68 bits per heavy atom. The van der Waals surface area contributed by atoms with Crippen LogP contribution in [0.15, 0.2) is 48.5 Å². The maximum atomic E-state index is 12.6. The van der Waals surface area contributed by atoms with Gasteiger partial charge in [0.15, 0.2) is 0 Å². The molecule has 0 heterocycles. The predicted octanol–water partition coefficient (Wildman–Crippen LogP) is 4.02. The van der Waals surface area contributed by atoms with Gasteiger partial charge >= 0.3 is 12.1 Å². The van der Waals surface area contributed by atoms with E-state index in [1.165, 1.54) is 34.0 Å². The molecule has 2 aromatic carbocycles. The van der Waals surface area contributed by atoms with Crippen molar-refractivity contribution in [2.24, 2.45) is 5.92 Å². The zero-order chi connectivity index (χ0) is 23.9. The minimum Gasteiger partial charge on any atom is -0.481 e. The number of fused-ring (bicyclic) bond motifs is 3. The first-order chi connectivity index (χ1) is 16.5. The van der Waals surface area contributed by atoms with Crippen LogP contribution in [0.25, 0.3) is 11.1 Å². The third-order valence-corrected chi connectivity index (χ3v) is 7.43. The fourth-order valence-corrected chi connectivity index (χ4v) is 5.48. The highest BCUT2D eigenvalue weighted by atomic mass is 32.2. The van der Waals surface area contributed by atoms with Gasteiger partial charge in [0, 0.05) is 30.2 Å². The predicted molar refractivity (Wildman–Crippen MR) is 132 cm³/mol. The van der Waals surface area contributed by atoms with Crippen LogP contribution in [-0.2, 0) is 14.3 Å². The number of carbonyl (C=O) groups excluding carboxylic acids is 2. The summed E-state index contributed by atoms with van der Waals surface area (Å²) in [7, 11) is 0. The Kier molecular flexibility index (Phi) is 8.11. The first kappa shape index (κ1) is 24.1. The van der Waals surface area contributed by atoms with E-state index in [9.17, 15) is 14.4 Å². The van der Waals surface area contributed by atoms with Gasteiger partial charge in [-0.15, -0.1) is 11.8 Å². The van der Waals surface area contributed by atoms with Crippen molar-refractivity contribution in [1.29, 1.82) is 0 Å². The number of hydrogen-bond acceptors (Lipinski definition) is 5. The Labute approximate surface area is 203 Å². The van der Waals surface area contributed by atoms with E-state index in [1.807, 2.05) is 24.3 Å². The molecule has 0 bridgehead atoms. The first-order valence-electron chi connectivity index (χ1n) is 11.7. The second-order valence-corrected chi connectivity index (χ2v) is 9.87. The summed E-state index contributed by atoms with van der Waals surface area (Å²) in [6, 6.07) is 16.4. The number of alkyl carbamates (subject to hydrolysis) is 1. The van der Waals surface area contributed by atoms with E-state index in [4.69, 9.17) is 9.84 Å². The number of aliphatic carboxylic acids is 1. The van der Waals surface area contributed by atoms with Gasteiger partial charge in [-0.3, -0.25) is 9.59 Å². The van der Waals surface area contributed by atoms with E-state index in [0.717, 1.165) is 19.3 Å². The second-order valence-electron chi connectivity index (χ2n) is 8.77. The highest BCUT2D eigenvalue weighted by Crippen LogP contribution is 2.44. The third kappa shape index (κ3) is 5.91. The van der Waals surface area contributed by atoms with E-state index in [1.54, 1.807) is 0 Å². The molecule has 8 heteroatoms. The molecule has 4 rings (SSSR count). The lowest BCUT2D eigenvalue weighted by molar-refractivity contribution is -0.134. The number of rotatable bonds is 9. The maximum Gasteiger partial charge on any atom is 0.407 e. The number of hydrogen-bond donors (Lipinski definition) is 3. The molecular weight excluding hydrogens is 452 g/mol. The van der Waals surface area contributed by atoms with Crippen molar-refractivity contribution < 1.29 is 24.2 Å². The molecule has 0 aliphatic heterocycles. The van der Waals surface area contributed by atoms with Crippen LogP contribution in [-0.4, -0.2) is 53.8 Å². The molecule has 0 saturated heterocycles. The zero-order valence-electron chi connectivity index (χ0n) is 19.0. The summed E-state index contributed by atoms with van der Waals surface area (Å²) in [5.74, 6) is -0.433. The average Bonchev–Trinajstić information content (AvgIpc) is 3.16. The van der Waals surface area contributed by atoms with Crippen LogP contribution >= 0.6 is 11.8 Å². The van der Waals surface area contributed by atoms with Gasteiger partial charge in [-0.2, -0.15) is 0 Å². The molecule has 3 N–H and O–H groups in total. The van der Waals surface area contributed by atoms with Gasteiger partial charge < -0.3 is 20.5 Å². The number of amides is 2. The van der Waals surface area contributed by atoms with Gasteiger partial charge in [0.05, 0.1) is 5.75 Å². The van der Waals surface area contributed by atoms with Crippen LogP contribution in [0.4, 0.5) is 4.79 Å². The molecule has 1 saturated carbocycles. The lowest BCUT2D eigenvalue weighted by atomic mass is 9.85. The SMILES string of the molecule is O=C(O)CSCCNC(=O)[C@@H]1CCC[C@H](NC(=O)OCC2c3ccccc3-c3ccccc32)C1. The molecule has 0 spiro atoms. The smallest absolute Gasteiger partial charge is 0.407 e. The molecule has 2 aliphatic rings. The van der Waals surface area contributed by atoms with Crippen LogP contribution in [0.5, 0.6) is 0 Å². The van der Waals surface area contributed by atoms with E-state index in [0.29, 0.717) is 18.7 Å². The molecule has 180 valence electrons. The van der Waals surface area contributed by atoms with E-state index >= 15 is 0 Å². The van der Waals surface area contributed by atoms with Gasteiger partial charge in [-0.05, 0) is 41.5 Å².